The monoisotopic (exact) mass is 264 g/mol. The number of ether oxygens (including phenoxy) is 1. The fourth-order valence-corrected chi connectivity index (χ4v) is 1.51. The van der Waals surface area contributed by atoms with Gasteiger partial charge in [-0.3, -0.25) is 9.78 Å². The summed E-state index contributed by atoms with van der Waals surface area (Å²) in [5.41, 5.74) is 1.21. The Morgan fingerprint density at radius 1 is 1.42 bits per heavy atom. The van der Waals surface area contributed by atoms with E-state index in [0.717, 1.165) is 0 Å². The van der Waals surface area contributed by atoms with E-state index in [2.05, 4.69) is 10.3 Å². The highest BCUT2D eigenvalue weighted by atomic mass is 16.5. The van der Waals surface area contributed by atoms with Crippen molar-refractivity contribution in [1.29, 1.82) is 0 Å². The van der Waals surface area contributed by atoms with Crippen LogP contribution in [0.5, 0.6) is 0 Å². The van der Waals surface area contributed by atoms with E-state index in [1.165, 1.54) is 0 Å². The minimum Gasteiger partial charge on any atom is -0.408 e. The largest absolute Gasteiger partial charge is 0.417 e. The van der Waals surface area contributed by atoms with Crippen LogP contribution in [0, 0.1) is 0 Å². The fourth-order valence-electron chi connectivity index (χ4n) is 1.51. The molecule has 0 aliphatic carbocycles. The summed E-state index contributed by atoms with van der Waals surface area (Å²) in [6.45, 7) is 5.61. The summed E-state index contributed by atoms with van der Waals surface area (Å²) in [5, 5.41) is 2.69. The lowest BCUT2D eigenvalue weighted by Gasteiger charge is -2.18. The van der Waals surface area contributed by atoms with E-state index in [1.54, 1.807) is 18.2 Å². The Labute approximate surface area is 109 Å². The molecule has 0 unspecified atom stereocenters. The molecule has 0 aliphatic heterocycles. The number of H-pyrrole nitrogens is 1. The van der Waals surface area contributed by atoms with Crippen LogP contribution >= 0.6 is 0 Å². The van der Waals surface area contributed by atoms with Gasteiger partial charge in [0.05, 0.1) is 11.1 Å². The number of hydrogen-bond acceptors (Lipinski definition) is 4. The molecule has 0 saturated heterocycles. The van der Waals surface area contributed by atoms with Gasteiger partial charge in [-0.15, -0.1) is 0 Å². The second kappa shape index (κ2) is 4.89. The topological polar surface area (TPSA) is 84.3 Å². The van der Waals surface area contributed by atoms with Crippen molar-refractivity contribution in [2.75, 3.05) is 11.9 Å². The van der Waals surface area contributed by atoms with E-state index >= 15 is 0 Å². The summed E-state index contributed by atoms with van der Waals surface area (Å²) in [6.07, 6.45) is 0. The van der Waals surface area contributed by atoms with Crippen LogP contribution in [0.1, 0.15) is 20.8 Å². The number of fused-ring (bicyclic) bond motifs is 1. The lowest BCUT2D eigenvalue weighted by Crippen LogP contribution is -2.27. The number of amides is 1. The van der Waals surface area contributed by atoms with Crippen LogP contribution in [-0.2, 0) is 9.53 Å². The molecule has 0 atom stereocenters. The summed E-state index contributed by atoms with van der Waals surface area (Å²) >= 11 is 0. The molecular formula is C13H16N2O4. The molecule has 0 spiro atoms. The molecule has 19 heavy (non-hydrogen) atoms. The normalized spacial score (nSPS) is 11.7. The number of benzene rings is 1. The van der Waals surface area contributed by atoms with Crippen LogP contribution in [0.4, 0.5) is 5.69 Å². The standard InChI is InChI=1S/C13H16N2O4/c1-13(2,3)18-7-11(16)14-8-4-5-10-9(6-8)15-12(17)19-10/h4-6H,7H2,1-3H3,(H,14,16)(H,15,17). The molecule has 102 valence electrons. The van der Waals surface area contributed by atoms with Gasteiger partial charge < -0.3 is 14.5 Å². The fraction of sp³-hybridized carbons (Fsp3) is 0.385. The van der Waals surface area contributed by atoms with Crippen molar-refractivity contribution in [2.24, 2.45) is 0 Å². The third-order valence-electron chi connectivity index (χ3n) is 2.34. The molecule has 1 aromatic carbocycles. The van der Waals surface area contributed by atoms with Crippen molar-refractivity contribution in [3.05, 3.63) is 28.7 Å². The van der Waals surface area contributed by atoms with Crippen LogP contribution in [0.15, 0.2) is 27.4 Å². The summed E-state index contributed by atoms with van der Waals surface area (Å²) in [4.78, 5) is 25.2. The summed E-state index contributed by atoms with van der Waals surface area (Å²) in [5.74, 6) is -0.769. The number of aromatic nitrogens is 1. The van der Waals surface area contributed by atoms with Crippen molar-refractivity contribution >= 4 is 22.7 Å². The molecule has 0 bridgehead atoms. The van der Waals surface area contributed by atoms with Crippen molar-refractivity contribution in [3.8, 4) is 0 Å². The van der Waals surface area contributed by atoms with Gasteiger partial charge in [0.2, 0.25) is 5.91 Å². The van der Waals surface area contributed by atoms with Crippen LogP contribution < -0.4 is 11.1 Å². The molecule has 6 heteroatoms. The first kappa shape index (κ1) is 13.4. The van der Waals surface area contributed by atoms with Gasteiger partial charge in [-0.05, 0) is 39.0 Å². The average Bonchev–Trinajstić information content (AvgIpc) is 2.65. The smallest absolute Gasteiger partial charge is 0.408 e. The molecular weight excluding hydrogens is 248 g/mol. The lowest BCUT2D eigenvalue weighted by molar-refractivity contribution is -0.125. The third kappa shape index (κ3) is 3.69. The average molecular weight is 264 g/mol. The Balaban J connectivity index is 2.04. The van der Waals surface area contributed by atoms with Crippen molar-refractivity contribution in [3.63, 3.8) is 0 Å². The maximum absolute atomic E-state index is 11.7. The van der Waals surface area contributed by atoms with Gasteiger partial charge in [0.1, 0.15) is 6.61 Å². The Morgan fingerprint density at radius 2 is 2.16 bits per heavy atom. The number of carbonyl (C=O) groups excluding carboxylic acids is 1. The van der Waals surface area contributed by atoms with Gasteiger partial charge in [0.15, 0.2) is 5.58 Å². The van der Waals surface area contributed by atoms with E-state index in [4.69, 9.17) is 9.15 Å². The molecule has 2 rings (SSSR count). The van der Waals surface area contributed by atoms with Gasteiger partial charge in [0.25, 0.3) is 0 Å². The highest BCUT2D eigenvalue weighted by molar-refractivity contribution is 5.93. The molecule has 2 N–H and O–H groups in total. The lowest BCUT2D eigenvalue weighted by atomic mass is 10.2. The molecule has 0 saturated carbocycles. The zero-order chi connectivity index (χ0) is 14.0. The van der Waals surface area contributed by atoms with Gasteiger partial charge in [0, 0.05) is 5.69 Å². The molecule has 1 aromatic heterocycles. The molecule has 0 aliphatic rings. The zero-order valence-corrected chi connectivity index (χ0v) is 11.1. The Hall–Kier alpha value is -2.08. The van der Waals surface area contributed by atoms with E-state index in [9.17, 15) is 9.59 Å². The van der Waals surface area contributed by atoms with Gasteiger partial charge in [-0.1, -0.05) is 0 Å². The second-order valence-corrected chi connectivity index (χ2v) is 5.17. The predicted octanol–water partition coefficient (Wildman–Crippen LogP) is 1.87. The highest BCUT2D eigenvalue weighted by Crippen LogP contribution is 2.16. The Kier molecular flexibility index (Phi) is 3.44. The van der Waals surface area contributed by atoms with Gasteiger partial charge >= 0.3 is 5.76 Å². The molecule has 0 fully saturated rings. The molecule has 2 aromatic rings. The van der Waals surface area contributed by atoms with Crippen LogP contribution in [-0.4, -0.2) is 23.1 Å². The number of aromatic amines is 1. The van der Waals surface area contributed by atoms with E-state index in [1.807, 2.05) is 20.8 Å². The molecule has 6 nitrogen and oxygen atoms in total. The minimum absolute atomic E-state index is 0.0244. The third-order valence-corrected chi connectivity index (χ3v) is 2.34. The number of oxazole rings is 1. The number of carbonyl (C=O) groups is 1. The van der Waals surface area contributed by atoms with Crippen LogP contribution in [0.2, 0.25) is 0 Å². The second-order valence-electron chi connectivity index (χ2n) is 5.17. The SMILES string of the molecule is CC(C)(C)OCC(=O)Nc1ccc2oc(=O)[nH]c2c1. The first-order valence-corrected chi connectivity index (χ1v) is 5.90. The van der Waals surface area contributed by atoms with Crippen molar-refractivity contribution < 1.29 is 13.9 Å². The Morgan fingerprint density at radius 3 is 2.84 bits per heavy atom. The minimum atomic E-state index is -0.519. The maximum Gasteiger partial charge on any atom is 0.417 e. The number of nitrogens with one attached hydrogen (secondary N) is 2. The number of anilines is 1. The number of rotatable bonds is 3. The van der Waals surface area contributed by atoms with E-state index in [0.29, 0.717) is 16.8 Å². The van der Waals surface area contributed by atoms with E-state index < -0.39 is 5.76 Å². The first-order chi connectivity index (χ1) is 8.83. The summed E-state index contributed by atoms with van der Waals surface area (Å²) in [7, 11) is 0. The van der Waals surface area contributed by atoms with Crippen LogP contribution in [0.25, 0.3) is 11.1 Å². The first-order valence-electron chi connectivity index (χ1n) is 5.90. The molecule has 1 amide bonds. The van der Waals surface area contributed by atoms with E-state index in [-0.39, 0.29) is 18.1 Å². The summed E-state index contributed by atoms with van der Waals surface area (Å²) < 4.78 is 10.2. The zero-order valence-electron chi connectivity index (χ0n) is 11.1. The summed E-state index contributed by atoms with van der Waals surface area (Å²) in [6, 6.07) is 4.91. The maximum atomic E-state index is 11.7. The highest BCUT2D eigenvalue weighted by Gasteiger charge is 2.13. The van der Waals surface area contributed by atoms with Crippen molar-refractivity contribution in [1.82, 2.24) is 4.98 Å². The van der Waals surface area contributed by atoms with Crippen LogP contribution in [0.3, 0.4) is 0 Å². The predicted molar refractivity (Wildman–Crippen MR) is 71.2 cm³/mol. The van der Waals surface area contributed by atoms with Crippen molar-refractivity contribution in [2.45, 2.75) is 26.4 Å². The molecule has 1 heterocycles. The Bertz CT molecular complexity index is 648. The quantitative estimate of drug-likeness (QED) is 0.886. The molecule has 0 radical (unpaired) electrons. The van der Waals surface area contributed by atoms with Gasteiger partial charge in [-0.2, -0.15) is 0 Å². The number of hydrogen-bond donors (Lipinski definition) is 2. The van der Waals surface area contributed by atoms with Gasteiger partial charge in [-0.25, -0.2) is 4.79 Å².